The first-order valence-electron chi connectivity index (χ1n) is 9.98. The van der Waals surface area contributed by atoms with Crippen molar-refractivity contribution >= 4 is 39.9 Å². The SMILES string of the molecule is CCc1[nH]c(C(=O)N[C@@H]2CCN(c3nc(C)c(C(=O)O)s3)C[C@@H]2OCC(C)(F)F)nc1Cl. The highest BCUT2D eigenvalue weighted by molar-refractivity contribution is 7.17. The smallest absolute Gasteiger partial charge is 0.347 e. The minimum Gasteiger partial charge on any atom is -0.477 e. The fourth-order valence-corrected chi connectivity index (χ4v) is 4.57. The maximum atomic E-state index is 13.5. The predicted octanol–water partition coefficient (Wildman–Crippen LogP) is 3.14. The number of rotatable bonds is 8. The van der Waals surface area contributed by atoms with E-state index in [2.05, 4.69) is 20.3 Å². The van der Waals surface area contributed by atoms with Crippen LogP contribution < -0.4 is 10.2 Å². The van der Waals surface area contributed by atoms with E-state index in [9.17, 15) is 23.5 Å². The van der Waals surface area contributed by atoms with Gasteiger partial charge in [-0.3, -0.25) is 4.79 Å². The number of nitrogens with zero attached hydrogens (tertiary/aromatic N) is 3. The molecule has 2 aromatic rings. The van der Waals surface area contributed by atoms with Crippen LogP contribution in [0.1, 0.15) is 51.9 Å². The second-order valence-electron chi connectivity index (χ2n) is 7.66. The molecule has 3 N–H and O–H groups in total. The third-order valence-electron chi connectivity index (χ3n) is 4.97. The number of anilines is 1. The highest BCUT2D eigenvalue weighted by atomic mass is 35.5. The molecule has 2 atom stereocenters. The Morgan fingerprint density at radius 3 is 2.72 bits per heavy atom. The van der Waals surface area contributed by atoms with Gasteiger partial charge in [-0.2, -0.15) is 0 Å². The van der Waals surface area contributed by atoms with Crippen LogP contribution in [0, 0.1) is 6.92 Å². The lowest BCUT2D eigenvalue weighted by atomic mass is 10.0. The molecule has 3 rings (SSSR count). The summed E-state index contributed by atoms with van der Waals surface area (Å²) in [5.41, 5.74) is 1.00. The van der Waals surface area contributed by atoms with Crippen molar-refractivity contribution in [1.29, 1.82) is 0 Å². The van der Waals surface area contributed by atoms with E-state index in [1.165, 1.54) is 0 Å². The molecule has 1 aliphatic rings. The third kappa shape index (κ3) is 5.73. The highest BCUT2D eigenvalue weighted by Crippen LogP contribution is 2.29. The van der Waals surface area contributed by atoms with Crippen LogP contribution in [0.5, 0.6) is 0 Å². The van der Waals surface area contributed by atoms with Crippen molar-refractivity contribution in [3.05, 3.63) is 27.2 Å². The minimum absolute atomic E-state index is 0.0375. The number of H-pyrrole nitrogens is 1. The Kier molecular flexibility index (Phi) is 7.36. The van der Waals surface area contributed by atoms with Crippen molar-refractivity contribution in [3.63, 3.8) is 0 Å². The summed E-state index contributed by atoms with van der Waals surface area (Å²) in [6.45, 7) is 3.98. The number of nitrogens with one attached hydrogen (secondary N) is 2. The summed E-state index contributed by atoms with van der Waals surface area (Å²) in [5, 5.41) is 12.7. The van der Waals surface area contributed by atoms with E-state index in [0.29, 0.717) is 35.9 Å². The lowest BCUT2D eigenvalue weighted by molar-refractivity contribution is -0.0947. The number of aryl methyl sites for hydroxylation is 2. The number of aromatic amines is 1. The van der Waals surface area contributed by atoms with E-state index in [-0.39, 0.29) is 22.4 Å². The summed E-state index contributed by atoms with van der Waals surface area (Å²) >= 11 is 7.01. The number of carboxylic acids is 1. The van der Waals surface area contributed by atoms with Gasteiger partial charge in [-0.15, -0.1) is 0 Å². The Morgan fingerprint density at radius 1 is 1.44 bits per heavy atom. The molecule has 0 aromatic carbocycles. The van der Waals surface area contributed by atoms with Gasteiger partial charge >= 0.3 is 5.97 Å². The van der Waals surface area contributed by atoms with Crippen molar-refractivity contribution in [1.82, 2.24) is 20.3 Å². The number of aromatic carboxylic acids is 1. The molecule has 1 aliphatic heterocycles. The molecule has 1 fully saturated rings. The molecule has 0 aliphatic carbocycles. The molecule has 1 saturated heterocycles. The number of hydrogen-bond acceptors (Lipinski definition) is 7. The molecule has 176 valence electrons. The van der Waals surface area contributed by atoms with E-state index in [0.717, 1.165) is 18.3 Å². The molecule has 32 heavy (non-hydrogen) atoms. The molecule has 3 heterocycles. The first kappa shape index (κ1) is 24.3. The number of carbonyl (C=O) groups excluding carboxylic acids is 1. The summed E-state index contributed by atoms with van der Waals surface area (Å²) in [4.78, 5) is 37.1. The van der Waals surface area contributed by atoms with Crippen LogP contribution in [-0.4, -0.2) is 69.7 Å². The molecule has 2 aromatic heterocycles. The second kappa shape index (κ2) is 9.67. The first-order valence-corrected chi connectivity index (χ1v) is 11.2. The van der Waals surface area contributed by atoms with Crippen molar-refractivity contribution in [2.75, 3.05) is 24.6 Å². The minimum atomic E-state index is -3.05. The molecule has 9 nitrogen and oxygen atoms in total. The number of alkyl halides is 2. The normalized spacial score (nSPS) is 19.2. The number of amides is 1. The largest absolute Gasteiger partial charge is 0.477 e. The third-order valence-corrected chi connectivity index (χ3v) is 6.49. The van der Waals surface area contributed by atoms with Crippen LogP contribution in [0.3, 0.4) is 0 Å². The van der Waals surface area contributed by atoms with Crippen LogP contribution in [0.25, 0.3) is 0 Å². The van der Waals surface area contributed by atoms with Crippen LogP contribution in [0.2, 0.25) is 5.15 Å². The van der Waals surface area contributed by atoms with Crippen molar-refractivity contribution in [3.8, 4) is 0 Å². The number of hydrogen-bond donors (Lipinski definition) is 3. The maximum absolute atomic E-state index is 13.5. The van der Waals surface area contributed by atoms with Gasteiger partial charge in [0.1, 0.15) is 11.5 Å². The lowest BCUT2D eigenvalue weighted by Gasteiger charge is -2.38. The van der Waals surface area contributed by atoms with Gasteiger partial charge in [-0.25, -0.2) is 23.5 Å². The van der Waals surface area contributed by atoms with Gasteiger partial charge in [0.05, 0.1) is 23.5 Å². The number of carbonyl (C=O) groups is 2. The van der Waals surface area contributed by atoms with Crippen molar-refractivity contribution in [2.45, 2.75) is 51.7 Å². The molecule has 13 heteroatoms. The Hall–Kier alpha value is -2.31. The molecule has 0 radical (unpaired) electrons. The zero-order valence-corrected chi connectivity index (χ0v) is 19.3. The molecular weight excluding hydrogens is 468 g/mol. The number of piperidine rings is 1. The van der Waals surface area contributed by atoms with E-state index in [1.807, 2.05) is 6.92 Å². The molecule has 0 spiro atoms. The number of aromatic nitrogens is 3. The topological polar surface area (TPSA) is 120 Å². The van der Waals surface area contributed by atoms with Crippen molar-refractivity contribution in [2.24, 2.45) is 0 Å². The van der Waals surface area contributed by atoms with E-state index >= 15 is 0 Å². The van der Waals surface area contributed by atoms with E-state index < -0.39 is 36.6 Å². The number of carboxylic acid groups (broad SMARTS) is 1. The van der Waals surface area contributed by atoms with E-state index in [1.54, 1.807) is 11.8 Å². The zero-order valence-electron chi connectivity index (χ0n) is 17.7. The Labute approximate surface area is 192 Å². The molecule has 0 bridgehead atoms. The van der Waals surface area contributed by atoms with Gasteiger partial charge in [-0.05, 0) is 19.8 Å². The summed E-state index contributed by atoms with van der Waals surface area (Å²) < 4.78 is 32.4. The Bertz CT molecular complexity index is 993. The highest BCUT2D eigenvalue weighted by Gasteiger charge is 2.35. The molecule has 0 unspecified atom stereocenters. The number of imidazole rings is 1. The maximum Gasteiger partial charge on any atom is 0.347 e. The summed E-state index contributed by atoms with van der Waals surface area (Å²) in [6.07, 6.45) is 0.175. The monoisotopic (exact) mass is 491 g/mol. The van der Waals surface area contributed by atoms with Gasteiger partial charge in [-0.1, -0.05) is 29.9 Å². The number of ether oxygens (including phenoxy) is 1. The lowest BCUT2D eigenvalue weighted by Crippen LogP contribution is -2.56. The number of thiazole rings is 1. The molecule has 1 amide bonds. The summed E-state index contributed by atoms with van der Waals surface area (Å²) in [5.74, 6) is -4.60. The first-order chi connectivity index (χ1) is 15.0. The van der Waals surface area contributed by atoms with Crippen molar-refractivity contribution < 1.29 is 28.2 Å². The summed E-state index contributed by atoms with van der Waals surface area (Å²) in [7, 11) is 0. The number of halogens is 3. The average molecular weight is 492 g/mol. The average Bonchev–Trinajstić information content (AvgIpc) is 3.29. The van der Waals surface area contributed by atoms with Gasteiger partial charge in [0.25, 0.3) is 11.8 Å². The van der Waals surface area contributed by atoms with Crippen LogP contribution in [0.4, 0.5) is 13.9 Å². The van der Waals surface area contributed by atoms with Gasteiger partial charge in [0.15, 0.2) is 16.1 Å². The van der Waals surface area contributed by atoms with Gasteiger partial charge < -0.3 is 25.0 Å². The van der Waals surface area contributed by atoms with Gasteiger partial charge in [0.2, 0.25) is 0 Å². The molecule has 0 saturated carbocycles. The van der Waals surface area contributed by atoms with Gasteiger partial charge in [0, 0.05) is 20.0 Å². The quantitative estimate of drug-likeness (QED) is 0.518. The van der Waals surface area contributed by atoms with Crippen LogP contribution in [0.15, 0.2) is 0 Å². The van der Waals surface area contributed by atoms with Crippen LogP contribution in [-0.2, 0) is 11.2 Å². The summed E-state index contributed by atoms with van der Waals surface area (Å²) in [6, 6.07) is -0.560. The van der Waals surface area contributed by atoms with Crippen LogP contribution >= 0.6 is 22.9 Å². The Morgan fingerprint density at radius 2 is 2.16 bits per heavy atom. The Balaban J connectivity index is 1.76. The second-order valence-corrected chi connectivity index (χ2v) is 8.99. The standard InChI is InChI=1S/C19H24ClF2N5O4S/c1-4-10-14(20)26-15(24-10)16(28)25-11-5-6-27(7-12(11)31-8-19(3,21)22)18-23-9(2)13(32-18)17(29)30/h11-12H,4-8H2,1-3H3,(H,24,26)(H,25,28)(H,29,30)/t11-,12+/m1/s1. The fourth-order valence-electron chi connectivity index (χ4n) is 3.36. The fraction of sp³-hybridized carbons (Fsp3) is 0.579. The molecular formula is C19H24ClF2N5O4S. The predicted molar refractivity (Wildman–Crippen MR) is 115 cm³/mol. The van der Waals surface area contributed by atoms with E-state index in [4.69, 9.17) is 16.3 Å². The zero-order chi connectivity index (χ0) is 23.6.